The van der Waals surface area contributed by atoms with E-state index in [-0.39, 0.29) is 11.6 Å². The average molecular weight is 313 g/mol. The summed E-state index contributed by atoms with van der Waals surface area (Å²) in [6.07, 6.45) is 5.59. The van der Waals surface area contributed by atoms with Crippen molar-refractivity contribution in [2.24, 2.45) is 11.7 Å². The number of nitrogens with two attached hydrogens (primary N) is 1. The van der Waals surface area contributed by atoms with Crippen LogP contribution in [-0.4, -0.2) is 34.7 Å². The van der Waals surface area contributed by atoms with Crippen LogP contribution in [0.25, 0.3) is 0 Å². The number of thioether (sulfide) groups is 1. The van der Waals surface area contributed by atoms with Gasteiger partial charge in [0.2, 0.25) is 0 Å². The van der Waals surface area contributed by atoms with Gasteiger partial charge < -0.3 is 10.5 Å². The fraction of sp³-hybridized carbons (Fsp3) is 0.800. The second kappa shape index (κ2) is 6.34. The average Bonchev–Trinajstić information content (AvgIpc) is 2.85. The Balaban J connectivity index is 1.61. The van der Waals surface area contributed by atoms with Crippen LogP contribution in [-0.2, 0) is 11.2 Å². The number of aryl methyl sites for hydroxylation is 1. The van der Waals surface area contributed by atoms with Gasteiger partial charge in [-0.3, -0.25) is 0 Å². The molecule has 2 aliphatic rings. The summed E-state index contributed by atoms with van der Waals surface area (Å²) >= 11 is 3.78. The van der Waals surface area contributed by atoms with Crippen LogP contribution in [0.5, 0.6) is 0 Å². The van der Waals surface area contributed by atoms with Crippen molar-refractivity contribution in [3.63, 3.8) is 0 Å². The van der Waals surface area contributed by atoms with E-state index in [1.807, 2.05) is 0 Å². The van der Waals surface area contributed by atoms with Gasteiger partial charge in [-0.15, -0.1) is 11.3 Å². The summed E-state index contributed by atoms with van der Waals surface area (Å²) in [6, 6.07) is 0.229. The molecule has 0 saturated carbocycles. The van der Waals surface area contributed by atoms with Gasteiger partial charge in [-0.2, -0.15) is 11.8 Å². The van der Waals surface area contributed by atoms with Crippen molar-refractivity contribution in [2.75, 3.05) is 18.1 Å². The molecule has 2 fully saturated rings. The van der Waals surface area contributed by atoms with Gasteiger partial charge in [0, 0.05) is 24.4 Å². The molecule has 2 N–H and O–H groups in total. The summed E-state index contributed by atoms with van der Waals surface area (Å²) in [4.78, 5) is 4.55. The molecule has 2 aliphatic heterocycles. The number of rotatable bonds is 3. The number of nitrogens with zero attached hydrogens (tertiary/aromatic N) is 1. The number of aromatic nitrogens is 1. The maximum absolute atomic E-state index is 6.48. The predicted molar refractivity (Wildman–Crippen MR) is 86.5 cm³/mol. The zero-order valence-corrected chi connectivity index (χ0v) is 13.8. The van der Waals surface area contributed by atoms with E-state index in [2.05, 4.69) is 29.0 Å². The molecular formula is C15H24N2OS2. The Morgan fingerprint density at radius 3 is 3.00 bits per heavy atom. The van der Waals surface area contributed by atoms with Crippen LogP contribution in [0.1, 0.15) is 36.4 Å². The lowest BCUT2D eigenvalue weighted by atomic mass is 9.78. The molecule has 112 valence electrons. The van der Waals surface area contributed by atoms with Crippen LogP contribution in [0.15, 0.2) is 5.38 Å². The summed E-state index contributed by atoms with van der Waals surface area (Å²) in [6.45, 7) is 2.95. The quantitative estimate of drug-likeness (QED) is 0.932. The lowest BCUT2D eigenvalue weighted by Crippen LogP contribution is -2.47. The highest BCUT2D eigenvalue weighted by Crippen LogP contribution is 2.40. The van der Waals surface area contributed by atoms with E-state index in [4.69, 9.17) is 10.5 Å². The zero-order chi connectivity index (χ0) is 14.0. The minimum Gasteiger partial charge on any atom is -0.375 e. The molecule has 20 heavy (non-hydrogen) atoms. The SMILES string of the molecule is Cc1nc(CC(N)C2CCOC3(CCSCC3)C2)cs1. The van der Waals surface area contributed by atoms with Gasteiger partial charge in [0.15, 0.2) is 0 Å². The lowest BCUT2D eigenvalue weighted by Gasteiger charge is -2.44. The molecule has 2 unspecified atom stereocenters. The molecule has 3 rings (SSSR count). The fourth-order valence-corrected chi connectivity index (χ4v) is 5.30. The third-order valence-electron chi connectivity index (χ3n) is 4.65. The van der Waals surface area contributed by atoms with Crippen LogP contribution >= 0.6 is 23.1 Å². The molecule has 1 aromatic rings. The van der Waals surface area contributed by atoms with Gasteiger partial charge in [-0.05, 0) is 50.0 Å². The summed E-state index contributed by atoms with van der Waals surface area (Å²) < 4.78 is 6.16. The Morgan fingerprint density at radius 2 is 2.30 bits per heavy atom. The Bertz CT molecular complexity index is 437. The number of hydrogen-bond acceptors (Lipinski definition) is 5. The zero-order valence-electron chi connectivity index (χ0n) is 12.1. The van der Waals surface area contributed by atoms with Gasteiger partial charge in [-0.25, -0.2) is 4.98 Å². The van der Waals surface area contributed by atoms with Crippen molar-refractivity contribution in [3.8, 4) is 0 Å². The van der Waals surface area contributed by atoms with E-state index in [0.29, 0.717) is 5.92 Å². The van der Waals surface area contributed by atoms with Crippen molar-refractivity contribution in [1.29, 1.82) is 0 Å². The van der Waals surface area contributed by atoms with E-state index in [1.54, 1.807) is 11.3 Å². The molecule has 1 aromatic heterocycles. The van der Waals surface area contributed by atoms with Gasteiger partial charge in [-0.1, -0.05) is 0 Å². The Kier molecular flexibility index (Phi) is 4.70. The van der Waals surface area contributed by atoms with Crippen LogP contribution in [0.4, 0.5) is 0 Å². The molecule has 2 atom stereocenters. The van der Waals surface area contributed by atoms with E-state index in [0.717, 1.165) is 30.9 Å². The Hall–Kier alpha value is -0.100. The number of ether oxygens (including phenoxy) is 1. The Morgan fingerprint density at radius 1 is 1.50 bits per heavy atom. The minimum atomic E-state index is 0.143. The maximum Gasteiger partial charge on any atom is 0.0897 e. The minimum absolute atomic E-state index is 0.143. The predicted octanol–water partition coefficient (Wildman–Crippen LogP) is 3.01. The summed E-state index contributed by atoms with van der Waals surface area (Å²) in [5.74, 6) is 3.08. The Labute approximate surface area is 129 Å². The summed E-state index contributed by atoms with van der Waals surface area (Å²) in [5, 5.41) is 3.29. The van der Waals surface area contributed by atoms with Crippen molar-refractivity contribution in [3.05, 3.63) is 16.1 Å². The summed E-state index contributed by atoms with van der Waals surface area (Å²) in [5.41, 5.74) is 7.79. The first-order chi connectivity index (χ1) is 9.67. The molecule has 0 bridgehead atoms. The highest BCUT2D eigenvalue weighted by molar-refractivity contribution is 7.99. The molecule has 3 nitrogen and oxygen atoms in total. The van der Waals surface area contributed by atoms with E-state index in [1.165, 1.54) is 30.0 Å². The fourth-order valence-electron chi connectivity index (χ4n) is 3.43. The van der Waals surface area contributed by atoms with Crippen LogP contribution < -0.4 is 5.73 Å². The topological polar surface area (TPSA) is 48.1 Å². The van der Waals surface area contributed by atoms with Crippen molar-refractivity contribution < 1.29 is 4.74 Å². The van der Waals surface area contributed by atoms with Crippen LogP contribution in [0.3, 0.4) is 0 Å². The maximum atomic E-state index is 6.48. The lowest BCUT2D eigenvalue weighted by molar-refractivity contribution is -0.105. The van der Waals surface area contributed by atoms with Crippen molar-refractivity contribution >= 4 is 23.1 Å². The molecule has 0 aromatic carbocycles. The van der Waals surface area contributed by atoms with E-state index in [9.17, 15) is 0 Å². The van der Waals surface area contributed by atoms with E-state index < -0.39 is 0 Å². The summed E-state index contributed by atoms with van der Waals surface area (Å²) in [7, 11) is 0. The van der Waals surface area contributed by atoms with Crippen LogP contribution in [0, 0.1) is 12.8 Å². The molecule has 3 heterocycles. The van der Waals surface area contributed by atoms with Gasteiger partial charge in [0.05, 0.1) is 16.3 Å². The second-order valence-electron chi connectivity index (χ2n) is 6.12. The third-order valence-corrected chi connectivity index (χ3v) is 6.46. The molecule has 0 radical (unpaired) electrons. The molecule has 0 amide bonds. The van der Waals surface area contributed by atoms with Crippen molar-refractivity contribution in [1.82, 2.24) is 4.98 Å². The normalized spacial score (nSPS) is 27.6. The first kappa shape index (κ1) is 14.8. The molecule has 5 heteroatoms. The number of hydrogen-bond donors (Lipinski definition) is 1. The molecular weight excluding hydrogens is 288 g/mol. The largest absolute Gasteiger partial charge is 0.375 e. The smallest absolute Gasteiger partial charge is 0.0897 e. The first-order valence-electron chi connectivity index (χ1n) is 7.55. The van der Waals surface area contributed by atoms with Gasteiger partial charge >= 0.3 is 0 Å². The van der Waals surface area contributed by atoms with Gasteiger partial charge in [0.1, 0.15) is 0 Å². The second-order valence-corrected chi connectivity index (χ2v) is 8.41. The standard InChI is InChI=1S/C15H24N2OS2/c1-11-17-13(10-20-11)8-14(16)12-2-5-18-15(9-12)3-6-19-7-4-15/h10,12,14H,2-9,16H2,1H3. The molecule has 2 saturated heterocycles. The van der Waals surface area contributed by atoms with Crippen molar-refractivity contribution in [2.45, 2.75) is 50.7 Å². The van der Waals surface area contributed by atoms with Gasteiger partial charge in [0.25, 0.3) is 0 Å². The highest BCUT2D eigenvalue weighted by atomic mass is 32.2. The number of thiazole rings is 1. The third kappa shape index (κ3) is 3.38. The first-order valence-corrected chi connectivity index (χ1v) is 9.59. The van der Waals surface area contributed by atoms with E-state index >= 15 is 0 Å². The van der Waals surface area contributed by atoms with Crippen LogP contribution in [0.2, 0.25) is 0 Å². The molecule has 1 spiro atoms. The monoisotopic (exact) mass is 312 g/mol. The highest BCUT2D eigenvalue weighted by Gasteiger charge is 2.40. The molecule has 0 aliphatic carbocycles.